The number of hydrogen-bond donors (Lipinski definition) is 2. The number of carbonyl (C=O) groups is 3. The van der Waals surface area contributed by atoms with Gasteiger partial charge in [0, 0.05) is 25.6 Å². The zero-order valence-corrected chi connectivity index (χ0v) is 19.2. The molecule has 35 heavy (non-hydrogen) atoms. The van der Waals surface area contributed by atoms with Crippen molar-refractivity contribution in [3.05, 3.63) is 71.5 Å². The van der Waals surface area contributed by atoms with Gasteiger partial charge in [-0.05, 0) is 29.2 Å². The predicted molar refractivity (Wildman–Crippen MR) is 125 cm³/mol. The van der Waals surface area contributed by atoms with Crippen LogP contribution in [0.1, 0.15) is 34.5 Å². The lowest BCUT2D eigenvalue weighted by atomic mass is 9.82. The summed E-state index contributed by atoms with van der Waals surface area (Å²) in [5, 5.41) is 19.7. The first kappa shape index (κ1) is 22.6. The number of carbonyl (C=O) groups excluding carboxylic acids is 2. The first-order valence-electron chi connectivity index (χ1n) is 11.4. The minimum Gasteiger partial charge on any atom is -0.481 e. The number of carboxylic acids is 1. The molecule has 0 atom stereocenters. The minimum absolute atomic E-state index is 0.0125. The molecular formula is C25H25N5O5. The second-order valence-corrected chi connectivity index (χ2v) is 9.15. The van der Waals surface area contributed by atoms with Gasteiger partial charge < -0.3 is 20.1 Å². The Balaban J connectivity index is 1.10. The minimum atomic E-state index is -0.926. The van der Waals surface area contributed by atoms with Crippen LogP contribution in [0.2, 0.25) is 0 Å². The third kappa shape index (κ3) is 4.23. The van der Waals surface area contributed by atoms with Crippen molar-refractivity contribution < 1.29 is 24.2 Å². The van der Waals surface area contributed by atoms with E-state index in [9.17, 15) is 19.5 Å². The van der Waals surface area contributed by atoms with Crippen LogP contribution in [0.4, 0.5) is 4.79 Å². The van der Waals surface area contributed by atoms with Crippen molar-refractivity contribution >= 4 is 18.0 Å². The van der Waals surface area contributed by atoms with Gasteiger partial charge in [0.1, 0.15) is 12.0 Å². The van der Waals surface area contributed by atoms with Gasteiger partial charge in [-0.1, -0.05) is 53.7 Å². The lowest BCUT2D eigenvalue weighted by Gasteiger charge is -2.44. The summed E-state index contributed by atoms with van der Waals surface area (Å²) < 4.78 is 6.96. The molecular weight excluding hydrogens is 450 g/mol. The van der Waals surface area contributed by atoms with Crippen LogP contribution in [0.5, 0.6) is 0 Å². The standard InChI is InChI=1S/C25H25N5O5/c1-25(23(32)33)14-29(15-25)22(31)21-12-30(28-27-21)11-10-26-24(34)35-13-20-18-8-4-2-6-16(18)17-7-3-5-9-19(17)20/h2-9,12,20H,10-11,13-15H2,1H3,(H,26,34)(H,32,33). The third-order valence-electron chi connectivity index (χ3n) is 6.59. The number of hydrogen-bond acceptors (Lipinski definition) is 6. The van der Waals surface area contributed by atoms with Crippen LogP contribution in [0.3, 0.4) is 0 Å². The molecule has 2 aromatic carbocycles. The van der Waals surface area contributed by atoms with Crippen LogP contribution in [0.15, 0.2) is 54.7 Å². The molecule has 1 fully saturated rings. The number of nitrogens with zero attached hydrogens (tertiary/aromatic N) is 4. The lowest BCUT2D eigenvalue weighted by Crippen LogP contribution is -2.60. The van der Waals surface area contributed by atoms with E-state index < -0.39 is 17.5 Å². The smallest absolute Gasteiger partial charge is 0.407 e. The Morgan fingerprint density at radius 1 is 1.09 bits per heavy atom. The molecule has 0 spiro atoms. The molecule has 0 radical (unpaired) electrons. The zero-order valence-electron chi connectivity index (χ0n) is 19.2. The third-order valence-corrected chi connectivity index (χ3v) is 6.59. The molecule has 1 aliphatic heterocycles. The van der Waals surface area contributed by atoms with Crippen LogP contribution in [0, 0.1) is 5.41 Å². The first-order valence-corrected chi connectivity index (χ1v) is 11.4. The molecule has 10 nitrogen and oxygen atoms in total. The van der Waals surface area contributed by atoms with Crippen molar-refractivity contribution in [2.24, 2.45) is 5.41 Å². The zero-order chi connectivity index (χ0) is 24.6. The molecule has 10 heteroatoms. The number of nitrogens with one attached hydrogen (secondary N) is 1. The Morgan fingerprint density at radius 2 is 1.71 bits per heavy atom. The van der Waals surface area contributed by atoms with Crippen LogP contribution in [-0.4, -0.2) is 69.2 Å². The first-order chi connectivity index (χ1) is 16.9. The summed E-state index contributed by atoms with van der Waals surface area (Å²) in [6, 6.07) is 16.3. The second kappa shape index (κ2) is 8.86. The van der Waals surface area contributed by atoms with Gasteiger partial charge in [0.2, 0.25) is 0 Å². The maximum absolute atomic E-state index is 12.4. The van der Waals surface area contributed by atoms with E-state index in [0.717, 1.165) is 11.1 Å². The van der Waals surface area contributed by atoms with E-state index >= 15 is 0 Å². The van der Waals surface area contributed by atoms with E-state index in [4.69, 9.17) is 4.74 Å². The number of fused-ring (bicyclic) bond motifs is 3. The van der Waals surface area contributed by atoms with E-state index in [2.05, 4.69) is 39.9 Å². The highest BCUT2D eigenvalue weighted by molar-refractivity contribution is 5.94. The molecule has 3 aromatic rings. The Hall–Kier alpha value is -4.21. The van der Waals surface area contributed by atoms with Gasteiger partial charge in [-0.25, -0.2) is 9.48 Å². The second-order valence-electron chi connectivity index (χ2n) is 9.15. The fourth-order valence-corrected chi connectivity index (χ4v) is 4.66. The van der Waals surface area contributed by atoms with Gasteiger partial charge in [0.05, 0.1) is 12.7 Å². The van der Waals surface area contributed by atoms with Gasteiger partial charge in [-0.2, -0.15) is 0 Å². The molecule has 2 N–H and O–H groups in total. The molecule has 1 aliphatic carbocycles. The van der Waals surface area contributed by atoms with E-state index in [-0.39, 0.29) is 43.8 Å². The molecule has 1 aromatic heterocycles. The van der Waals surface area contributed by atoms with E-state index in [1.165, 1.54) is 26.9 Å². The molecule has 1 saturated heterocycles. The maximum atomic E-state index is 12.4. The SMILES string of the molecule is CC1(C(=O)O)CN(C(=O)c2cn(CCNC(=O)OCC3c4ccccc4-c4ccccc43)nn2)C1. The van der Waals surface area contributed by atoms with Gasteiger partial charge in [0.25, 0.3) is 5.91 Å². The number of rotatable bonds is 7. The number of likely N-dealkylation sites (tertiary alicyclic amines) is 1. The Kier molecular flexibility index (Phi) is 5.72. The lowest BCUT2D eigenvalue weighted by molar-refractivity contribution is -0.155. The summed E-state index contributed by atoms with van der Waals surface area (Å²) in [5.41, 5.74) is 3.84. The van der Waals surface area contributed by atoms with Crippen molar-refractivity contribution in [2.75, 3.05) is 26.2 Å². The Labute approximate surface area is 201 Å². The van der Waals surface area contributed by atoms with Gasteiger partial charge >= 0.3 is 12.1 Å². The van der Waals surface area contributed by atoms with Crippen molar-refractivity contribution in [1.29, 1.82) is 0 Å². The monoisotopic (exact) mass is 475 g/mol. The maximum Gasteiger partial charge on any atom is 0.407 e. The summed E-state index contributed by atoms with van der Waals surface area (Å²) in [6.45, 7) is 2.65. The molecule has 180 valence electrons. The molecule has 2 amide bonds. The number of benzene rings is 2. The summed E-state index contributed by atoms with van der Waals surface area (Å²) in [6.07, 6.45) is 0.954. The molecule has 5 rings (SSSR count). The van der Waals surface area contributed by atoms with Crippen molar-refractivity contribution in [2.45, 2.75) is 19.4 Å². The quantitative estimate of drug-likeness (QED) is 0.537. The average Bonchev–Trinajstić information content (AvgIpc) is 3.43. The number of aliphatic carboxylic acids is 1. The fraction of sp³-hybridized carbons (Fsp3) is 0.320. The normalized spacial score (nSPS) is 15.6. The average molecular weight is 476 g/mol. The van der Waals surface area contributed by atoms with E-state index in [0.29, 0.717) is 6.54 Å². The van der Waals surface area contributed by atoms with Crippen molar-refractivity contribution in [1.82, 2.24) is 25.2 Å². The molecule has 2 aliphatic rings. The highest BCUT2D eigenvalue weighted by atomic mass is 16.5. The van der Waals surface area contributed by atoms with E-state index in [1.54, 1.807) is 6.92 Å². The van der Waals surface area contributed by atoms with Crippen LogP contribution in [-0.2, 0) is 16.1 Å². The number of alkyl carbamates (subject to hydrolysis) is 1. The number of ether oxygens (including phenoxy) is 1. The van der Waals surface area contributed by atoms with Gasteiger partial charge in [0.15, 0.2) is 5.69 Å². The van der Waals surface area contributed by atoms with Crippen molar-refractivity contribution in [3.63, 3.8) is 0 Å². The van der Waals surface area contributed by atoms with Gasteiger partial charge in [-0.15, -0.1) is 5.10 Å². The van der Waals surface area contributed by atoms with Crippen LogP contribution in [0.25, 0.3) is 11.1 Å². The van der Waals surface area contributed by atoms with Crippen LogP contribution >= 0.6 is 0 Å². The molecule has 0 unspecified atom stereocenters. The molecule has 0 bridgehead atoms. The summed E-state index contributed by atoms with van der Waals surface area (Å²) in [4.78, 5) is 37.4. The highest BCUT2D eigenvalue weighted by Crippen LogP contribution is 2.44. The number of aromatic nitrogens is 3. The Morgan fingerprint density at radius 3 is 2.34 bits per heavy atom. The molecule has 2 heterocycles. The predicted octanol–water partition coefficient (Wildman–Crippen LogP) is 2.36. The topological polar surface area (TPSA) is 127 Å². The summed E-state index contributed by atoms with van der Waals surface area (Å²) in [5.74, 6) is -1.30. The van der Waals surface area contributed by atoms with Crippen LogP contribution < -0.4 is 5.32 Å². The summed E-state index contributed by atoms with van der Waals surface area (Å²) in [7, 11) is 0. The Bertz CT molecular complexity index is 1250. The fourth-order valence-electron chi connectivity index (χ4n) is 4.66. The largest absolute Gasteiger partial charge is 0.481 e. The van der Waals surface area contributed by atoms with Crippen molar-refractivity contribution in [3.8, 4) is 11.1 Å². The number of amides is 2. The van der Waals surface area contributed by atoms with E-state index in [1.807, 2.05) is 24.3 Å². The molecule has 0 saturated carbocycles. The number of carboxylic acid groups (broad SMARTS) is 1. The van der Waals surface area contributed by atoms with Gasteiger partial charge in [-0.3, -0.25) is 9.59 Å². The highest BCUT2D eigenvalue weighted by Gasteiger charge is 2.48. The summed E-state index contributed by atoms with van der Waals surface area (Å²) >= 11 is 0.